The van der Waals surface area contributed by atoms with Crippen molar-refractivity contribution in [3.05, 3.63) is 0 Å². The zero-order chi connectivity index (χ0) is 4.99. The highest BCUT2D eigenvalue weighted by atomic mass is 19.1. The lowest BCUT2D eigenvalue weighted by atomic mass is 10.5. The van der Waals surface area contributed by atoms with Gasteiger partial charge in [0.15, 0.2) is 0 Å². The second kappa shape index (κ2) is 3.09. The van der Waals surface area contributed by atoms with E-state index in [4.69, 9.17) is 0 Å². The van der Waals surface area contributed by atoms with Crippen molar-refractivity contribution < 1.29 is 9.13 Å². The fourth-order valence-electron chi connectivity index (χ4n) is 0.230. The molecule has 2 heteroatoms. The molecule has 1 nitrogen and oxygen atoms in total. The lowest BCUT2D eigenvalue weighted by Gasteiger charge is -1.94. The maximum absolute atomic E-state index is 11.6. The predicted molar refractivity (Wildman–Crippen MR) is 22.4 cm³/mol. The number of hydrogen-bond donors (Lipinski definition) is 0. The fraction of sp³-hybridized carbons (Fsp3) is 1.00. The van der Waals surface area contributed by atoms with Crippen molar-refractivity contribution in [2.75, 3.05) is 13.7 Å². The van der Waals surface area contributed by atoms with E-state index >= 15 is 0 Å². The molecule has 0 spiro atoms. The van der Waals surface area contributed by atoms with Gasteiger partial charge in [-0.2, -0.15) is 0 Å². The van der Waals surface area contributed by atoms with Crippen LogP contribution in [0.15, 0.2) is 0 Å². The second-order valence-corrected chi connectivity index (χ2v) is 1.24. The molecule has 6 heavy (non-hydrogen) atoms. The first-order valence-corrected chi connectivity index (χ1v) is 1.90. The third kappa shape index (κ3) is 3.89. The summed E-state index contributed by atoms with van der Waals surface area (Å²) in [7, 11) is 1.48. The molecule has 0 aliphatic rings. The molecule has 0 amide bonds. The van der Waals surface area contributed by atoms with E-state index in [0.29, 0.717) is 0 Å². The molecule has 0 N–H and O–H groups in total. The largest absolute Gasteiger partial charge is 0.382 e. The van der Waals surface area contributed by atoms with Crippen LogP contribution in [0.1, 0.15) is 6.92 Å². The van der Waals surface area contributed by atoms with E-state index in [-0.39, 0.29) is 6.61 Å². The predicted octanol–water partition coefficient (Wildman–Crippen LogP) is 0.991. The van der Waals surface area contributed by atoms with Crippen LogP contribution in [0, 0.1) is 0 Å². The van der Waals surface area contributed by atoms with Crippen molar-refractivity contribution >= 4 is 0 Å². The third-order valence-electron chi connectivity index (χ3n) is 0.396. The molecule has 1 atom stereocenters. The summed E-state index contributed by atoms with van der Waals surface area (Å²) in [6.07, 6.45) is -0.824. The highest BCUT2D eigenvalue weighted by Gasteiger charge is 1.90. The molecule has 0 heterocycles. The van der Waals surface area contributed by atoms with Gasteiger partial charge in [-0.05, 0) is 6.92 Å². The Balaban J connectivity index is 2.63. The quantitative estimate of drug-likeness (QED) is 0.493. The van der Waals surface area contributed by atoms with Gasteiger partial charge in [0.25, 0.3) is 0 Å². The molecular weight excluding hydrogens is 83.0 g/mol. The number of rotatable bonds is 2. The standard InChI is InChI=1S/C4H9FO/c1-4(5)3-6-2/h4H,3H2,1-2H3/t4-/m0/s1. The lowest BCUT2D eigenvalue weighted by molar-refractivity contribution is 0.133. The molecule has 0 bridgehead atoms. The smallest absolute Gasteiger partial charge is 0.121 e. The first-order chi connectivity index (χ1) is 2.77. The monoisotopic (exact) mass is 92.1 g/mol. The first kappa shape index (κ1) is 5.89. The van der Waals surface area contributed by atoms with E-state index in [0.717, 1.165) is 0 Å². The summed E-state index contributed by atoms with van der Waals surface area (Å²) in [5, 5.41) is 0. The number of alkyl halides is 1. The Hall–Kier alpha value is -0.110. The fourth-order valence-corrected chi connectivity index (χ4v) is 0.230. The zero-order valence-electron chi connectivity index (χ0n) is 4.07. The first-order valence-electron chi connectivity index (χ1n) is 1.90. The average Bonchev–Trinajstić information content (AvgIpc) is 1.35. The SMILES string of the molecule is COC[C@H](C)F. The Morgan fingerprint density at radius 1 is 1.83 bits per heavy atom. The van der Waals surface area contributed by atoms with Crippen LogP contribution < -0.4 is 0 Å². The van der Waals surface area contributed by atoms with Gasteiger partial charge in [0, 0.05) is 7.11 Å². The maximum atomic E-state index is 11.6. The molecule has 0 saturated carbocycles. The zero-order valence-corrected chi connectivity index (χ0v) is 4.07. The summed E-state index contributed by atoms with van der Waals surface area (Å²) in [5.41, 5.74) is 0. The summed E-state index contributed by atoms with van der Waals surface area (Å²) < 4.78 is 16.0. The molecule has 0 aromatic rings. The van der Waals surface area contributed by atoms with Gasteiger partial charge in [-0.1, -0.05) is 0 Å². The van der Waals surface area contributed by atoms with Crippen LogP contribution in [-0.4, -0.2) is 19.9 Å². The van der Waals surface area contributed by atoms with Gasteiger partial charge in [0.1, 0.15) is 6.17 Å². The van der Waals surface area contributed by atoms with Crippen LogP contribution in [0.4, 0.5) is 4.39 Å². The van der Waals surface area contributed by atoms with Gasteiger partial charge >= 0.3 is 0 Å². The minimum atomic E-state index is -0.824. The van der Waals surface area contributed by atoms with Gasteiger partial charge in [-0.15, -0.1) is 0 Å². The molecule has 0 aliphatic heterocycles. The van der Waals surface area contributed by atoms with Gasteiger partial charge in [0.2, 0.25) is 0 Å². The van der Waals surface area contributed by atoms with E-state index in [1.54, 1.807) is 0 Å². The summed E-state index contributed by atoms with van der Waals surface area (Å²) in [4.78, 5) is 0. The Morgan fingerprint density at radius 2 is 2.33 bits per heavy atom. The van der Waals surface area contributed by atoms with Crippen molar-refractivity contribution in [2.24, 2.45) is 0 Å². The van der Waals surface area contributed by atoms with Gasteiger partial charge in [0.05, 0.1) is 6.61 Å². The second-order valence-electron chi connectivity index (χ2n) is 1.24. The normalized spacial score (nSPS) is 14.5. The van der Waals surface area contributed by atoms with Crippen molar-refractivity contribution in [1.82, 2.24) is 0 Å². The highest BCUT2D eigenvalue weighted by Crippen LogP contribution is 1.84. The van der Waals surface area contributed by atoms with Crippen LogP contribution in [0.25, 0.3) is 0 Å². The van der Waals surface area contributed by atoms with E-state index in [2.05, 4.69) is 4.74 Å². The molecule has 38 valence electrons. The molecule has 0 radical (unpaired) electrons. The van der Waals surface area contributed by atoms with Gasteiger partial charge in [-0.25, -0.2) is 4.39 Å². The number of hydrogen-bond acceptors (Lipinski definition) is 1. The lowest BCUT2D eigenvalue weighted by Crippen LogP contribution is -2.01. The molecule has 0 rings (SSSR count). The van der Waals surface area contributed by atoms with Crippen molar-refractivity contribution in [3.8, 4) is 0 Å². The molecule has 0 aliphatic carbocycles. The number of ether oxygens (including phenoxy) is 1. The minimum absolute atomic E-state index is 0.208. The maximum Gasteiger partial charge on any atom is 0.121 e. The summed E-state index contributed by atoms with van der Waals surface area (Å²) >= 11 is 0. The molecular formula is C4H9FO. The van der Waals surface area contributed by atoms with Crippen LogP contribution in [0.3, 0.4) is 0 Å². The Labute approximate surface area is 37.1 Å². The summed E-state index contributed by atoms with van der Waals surface area (Å²) in [5.74, 6) is 0. The molecule has 0 unspecified atom stereocenters. The Kier molecular flexibility index (Phi) is 3.04. The Bertz CT molecular complexity index is 28.7. The van der Waals surface area contributed by atoms with Gasteiger partial charge < -0.3 is 4.74 Å². The summed E-state index contributed by atoms with van der Waals surface area (Å²) in [6.45, 7) is 1.67. The summed E-state index contributed by atoms with van der Waals surface area (Å²) in [6, 6.07) is 0. The highest BCUT2D eigenvalue weighted by molar-refractivity contribution is 4.38. The van der Waals surface area contributed by atoms with E-state index in [1.807, 2.05) is 0 Å². The molecule has 0 saturated heterocycles. The molecule has 0 aromatic carbocycles. The van der Waals surface area contributed by atoms with Crippen LogP contribution >= 0.6 is 0 Å². The van der Waals surface area contributed by atoms with Gasteiger partial charge in [-0.3, -0.25) is 0 Å². The molecule has 0 aromatic heterocycles. The van der Waals surface area contributed by atoms with Crippen LogP contribution in [0.5, 0.6) is 0 Å². The van der Waals surface area contributed by atoms with E-state index in [1.165, 1.54) is 14.0 Å². The van der Waals surface area contributed by atoms with Crippen molar-refractivity contribution in [2.45, 2.75) is 13.1 Å². The number of halogens is 1. The topological polar surface area (TPSA) is 9.23 Å². The van der Waals surface area contributed by atoms with Crippen LogP contribution in [-0.2, 0) is 4.74 Å². The minimum Gasteiger partial charge on any atom is -0.382 e. The molecule has 0 fully saturated rings. The third-order valence-corrected chi connectivity index (χ3v) is 0.396. The Morgan fingerprint density at radius 3 is 2.33 bits per heavy atom. The van der Waals surface area contributed by atoms with Crippen LogP contribution in [0.2, 0.25) is 0 Å². The van der Waals surface area contributed by atoms with E-state index in [9.17, 15) is 4.39 Å². The van der Waals surface area contributed by atoms with Crippen molar-refractivity contribution in [3.63, 3.8) is 0 Å². The average molecular weight is 92.1 g/mol. The number of methoxy groups -OCH3 is 1. The van der Waals surface area contributed by atoms with Crippen molar-refractivity contribution in [1.29, 1.82) is 0 Å². The van der Waals surface area contributed by atoms with E-state index < -0.39 is 6.17 Å².